The van der Waals surface area contributed by atoms with E-state index in [-0.39, 0.29) is 12.2 Å². The van der Waals surface area contributed by atoms with Crippen LogP contribution in [0.25, 0.3) is 0 Å². The first-order chi connectivity index (χ1) is 9.10. The minimum absolute atomic E-state index is 0.213. The Labute approximate surface area is 111 Å². The molecule has 2 N–H and O–H groups in total. The molecule has 0 aliphatic rings. The number of anilines is 1. The highest BCUT2D eigenvalue weighted by Crippen LogP contribution is 2.28. The summed E-state index contributed by atoms with van der Waals surface area (Å²) in [5.41, 5.74) is 7.84. The van der Waals surface area contributed by atoms with Gasteiger partial charge >= 0.3 is 0 Å². The lowest BCUT2D eigenvalue weighted by atomic mass is 10.1. The molecule has 2 aromatic carbocycles. The lowest BCUT2D eigenvalue weighted by molar-refractivity contribution is 0.472. The maximum Gasteiger partial charge on any atom is 0.133 e. The molecule has 0 radical (unpaired) electrons. The molecule has 0 saturated heterocycles. The van der Waals surface area contributed by atoms with Crippen LogP contribution in [0.15, 0.2) is 36.4 Å². The number of hydrogen-bond acceptors (Lipinski definition) is 3. The minimum Gasteiger partial charge on any atom is -0.457 e. The number of nitriles is 1. The zero-order valence-electron chi connectivity index (χ0n) is 10.5. The average molecular weight is 256 g/mol. The van der Waals surface area contributed by atoms with Gasteiger partial charge in [0.2, 0.25) is 0 Å². The number of nitrogen functional groups attached to an aromatic ring is 1. The molecule has 0 heterocycles. The van der Waals surface area contributed by atoms with Gasteiger partial charge in [0.15, 0.2) is 0 Å². The van der Waals surface area contributed by atoms with E-state index >= 15 is 0 Å². The largest absolute Gasteiger partial charge is 0.457 e. The van der Waals surface area contributed by atoms with Crippen molar-refractivity contribution in [2.45, 2.75) is 13.3 Å². The molecular formula is C15H13FN2O. The molecule has 0 aliphatic heterocycles. The molecule has 0 spiro atoms. The summed E-state index contributed by atoms with van der Waals surface area (Å²) >= 11 is 0. The summed E-state index contributed by atoms with van der Waals surface area (Å²) in [6.45, 7) is 1.84. The first kappa shape index (κ1) is 12.9. The second kappa shape index (κ2) is 5.40. The molecular weight excluding hydrogens is 243 g/mol. The van der Waals surface area contributed by atoms with Crippen LogP contribution in [0.3, 0.4) is 0 Å². The van der Waals surface area contributed by atoms with Crippen molar-refractivity contribution in [3.63, 3.8) is 0 Å². The van der Waals surface area contributed by atoms with Gasteiger partial charge in [0.1, 0.15) is 17.3 Å². The Balaban J connectivity index is 2.31. The number of halogens is 1. The molecule has 0 saturated carbocycles. The van der Waals surface area contributed by atoms with Gasteiger partial charge in [-0.1, -0.05) is 6.07 Å². The fourth-order valence-corrected chi connectivity index (χ4v) is 1.69. The molecule has 0 bridgehead atoms. The molecule has 0 unspecified atom stereocenters. The third kappa shape index (κ3) is 3.02. The zero-order chi connectivity index (χ0) is 13.8. The summed E-state index contributed by atoms with van der Waals surface area (Å²) in [4.78, 5) is 0. The minimum atomic E-state index is -0.353. The number of hydrogen-bond donors (Lipinski definition) is 1. The molecule has 96 valence electrons. The van der Waals surface area contributed by atoms with Gasteiger partial charge in [-0.15, -0.1) is 0 Å². The lowest BCUT2D eigenvalue weighted by Crippen LogP contribution is -1.95. The molecule has 2 rings (SSSR count). The van der Waals surface area contributed by atoms with Crippen molar-refractivity contribution in [3.8, 4) is 17.6 Å². The first-order valence-electron chi connectivity index (χ1n) is 5.79. The van der Waals surface area contributed by atoms with Crippen LogP contribution in [-0.4, -0.2) is 0 Å². The number of ether oxygens (including phenoxy) is 1. The molecule has 0 aromatic heterocycles. The van der Waals surface area contributed by atoms with Gasteiger partial charge in [0.25, 0.3) is 0 Å². The SMILES string of the molecule is Cc1ccc(F)cc1Oc1ccc(N)c(CC#N)c1. The smallest absolute Gasteiger partial charge is 0.133 e. The topological polar surface area (TPSA) is 59.0 Å². The summed E-state index contributed by atoms with van der Waals surface area (Å²) in [6.07, 6.45) is 0.213. The average Bonchev–Trinajstić information content (AvgIpc) is 2.38. The maximum absolute atomic E-state index is 13.2. The van der Waals surface area contributed by atoms with Crippen molar-refractivity contribution in [2.75, 3.05) is 5.73 Å². The Morgan fingerprint density at radius 3 is 2.79 bits per heavy atom. The predicted molar refractivity (Wildman–Crippen MR) is 71.4 cm³/mol. The van der Waals surface area contributed by atoms with Gasteiger partial charge in [-0.3, -0.25) is 0 Å². The third-order valence-corrected chi connectivity index (χ3v) is 2.76. The molecule has 4 heteroatoms. The lowest BCUT2D eigenvalue weighted by Gasteiger charge is -2.10. The van der Waals surface area contributed by atoms with Crippen molar-refractivity contribution in [1.29, 1.82) is 5.26 Å². The molecule has 0 fully saturated rings. The molecule has 0 atom stereocenters. The van der Waals surface area contributed by atoms with E-state index in [9.17, 15) is 4.39 Å². The summed E-state index contributed by atoms with van der Waals surface area (Å²) in [6, 6.07) is 11.5. The van der Waals surface area contributed by atoms with Crippen LogP contribution in [0.5, 0.6) is 11.5 Å². The van der Waals surface area contributed by atoms with Crippen molar-refractivity contribution in [3.05, 3.63) is 53.3 Å². The quantitative estimate of drug-likeness (QED) is 0.854. The Hall–Kier alpha value is -2.54. The summed E-state index contributed by atoms with van der Waals surface area (Å²) < 4.78 is 18.8. The van der Waals surface area contributed by atoms with E-state index < -0.39 is 0 Å². The monoisotopic (exact) mass is 256 g/mol. The molecule has 19 heavy (non-hydrogen) atoms. The van der Waals surface area contributed by atoms with E-state index in [2.05, 4.69) is 0 Å². The van der Waals surface area contributed by atoms with Crippen LogP contribution in [0.2, 0.25) is 0 Å². The summed E-state index contributed by atoms with van der Waals surface area (Å²) in [5.74, 6) is 0.633. The van der Waals surface area contributed by atoms with Crippen molar-refractivity contribution in [1.82, 2.24) is 0 Å². The fraction of sp³-hybridized carbons (Fsp3) is 0.133. The molecule has 3 nitrogen and oxygen atoms in total. The van der Waals surface area contributed by atoms with E-state index in [1.54, 1.807) is 24.3 Å². The fourth-order valence-electron chi connectivity index (χ4n) is 1.69. The van der Waals surface area contributed by atoms with Crippen LogP contribution in [0.4, 0.5) is 10.1 Å². The van der Waals surface area contributed by atoms with E-state index in [0.717, 1.165) is 5.56 Å². The molecule has 0 amide bonds. The third-order valence-electron chi connectivity index (χ3n) is 2.76. The predicted octanol–water partition coefficient (Wildman–Crippen LogP) is 3.57. The number of rotatable bonds is 3. The normalized spacial score (nSPS) is 9.95. The second-order valence-corrected chi connectivity index (χ2v) is 4.21. The van der Waals surface area contributed by atoms with E-state index in [1.165, 1.54) is 12.1 Å². The van der Waals surface area contributed by atoms with Gasteiger partial charge in [-0.2, -0.15) is 5.26 Å². The molecule has 2 aromatic rings. The van der Waals surface area contributed by atoms with Crippen molar-refractivity contribution < 1.29 is 9.13 Å². The van der Waals surface area contributed by atoms with Gasteiger partial charge in [0.05, 0.1) is 12.5 Å². The van der Waals surface area contributed by atoms with Crippen LogP contribution >= 0.6 is 0 Å². The first-order valence-corrected chi connectivity index (χ1v) is 5.79. The van der Waals surface area contributed by atoms with Gasteiger partial charge in [-0.25, -0.2) is 4.39 Å². The van der Waals surface area contributed by atoms with Gasteiger partial charge in [0, 0.05) is 11.8 Å². The van der Waals surface area contributed by atoms with Gasteiger partial charge < -0.3 is 10.5 Å². The second-order valence-electron chi connectivity index (χ2n) is 4.21. The summed E-state index contributed by atoms with van der Waals surface area (Å²) in [7, 11) is 0. The highest BCUT2D eigenvalue weighted by molar-refractivity contribution is 5.52. The van der Waals surface area contributed by atoms with Crippen molar-refractivity contribution in [2.24, 2.45) is 0 Å². The number of nitrogens with two attached hydrogens (primary N) is 1. The Morgan fingerprint density at radius 2 is 2.05 bits per heavy atom. The van der Waals surface area contributed by atoms with E-state index in [0.29, 0.717) is 22.7 Å². The number of nitrogens with zero attached hydrogens (tertiary/aromatic N) is 1. The Morgan fingerprint density at radius 1 is 1.26 bits per heavy atom. The highest BCUT2D eigenvalue weighted by atomic mass is 19.1. The summed E-state index contributed by atoms with van der Waals surface area (Å²) in [5, 5.41) is 8.71. The van der Waals surface area contributed by atoms with Crippen molar-refractivity contribution >= 4 is 5.69 Å². The van der Waals surface area contributed by atoms with Crippen LogP contribution in [-0.2, 0) is 6.42 Å². The molecule has 0 aliphatic carbocycles. The zero-order valence-corrected chi connectivity index (χ0v) is 10.5. The maximum atomic E-state index is 13.2. The Bertz CT molecular complexity index is 647. The van der Waals surface area contributed by atoms with E-state index in [4.69, 9.17) is 15.7 Å². The van der Waals surface area contributed by atoms with Gasteiger partial charge in [-0.05, 0) is 42.3 Å². The van der Waals surface area contributed by atoms with Crippen LogP contribution < -0.4 is 10.5 Å². The number of aryl methyl sites for hydroxylation is 1. The standard InChI is InChI=1S/C15H13FN2O/c1-10-2-3-12(16)9-15(10)19-13-4-5-14(18)11(8-13)6-7-17/h2-5,8-9H,6,18H2,1H3. The van der Waals surface area contributed by atoms with Crippen LogP contribution in [0, 0.1) is 24.1 Å². The van der Waals surface area contributed by atoms with E-state index in [1.807, 2.05) is 13.0 Å². The van der Waals surface area contributed by atoms with Crippen LogP contribution in [0.1, 0.15) is 11.1 Å². The Kier molecular flexibility index (Phi) is 3.67. The highest BCUT2D eigenvalue weighted by Gasteiger charge is 2.06. The number of benzene rings is 2.